The summed E-state index contributed by atoms with van der Waals surface area (Å²) in [7, 11) is -2.89. The fourth-order valence-corrected chi connectivity index (χ4v) is 4.86. The third-order valence-corrected chi connectivity index (χ3v) is 6.20. The minimum absolute atomic E-state index is 0.156. The lowest BCUT2D eigenvalue weighted by Crippen LogP contribution is -2.43. The van der Waals surface area contributed by atoms with Crippen molar-refractivity contribution in [1.29, 1.82) is 0 Å². The third kappa shape index (κ3) is 4.72. The van der Waals surface area contributed by atoms with E-state index in [1.165, 1.54) is 45.0 Å². The normalized spacial score (nSPS) is 30.4. The zero-order valence-electron chi connectivity index (χ0n) is 12.1. The lowest BCUT2D eigenvalue weighted by molar-refractivity contribution is 0.279. The molecular formula is C14H28N2O2S. The standard InChI is InChI=1S/C14H28N2O2S/c1-19(17,18)14-8-6-7-13(14)15-9-12-16-10-4-2-3-5-11-16/h13-15H,2-12H2,1H3. The van der Waals surface area contributed by atoms with Gasteiger partial charge in [0.15, 0.2) is 9.84 Å². The van der Waals surface area contributed by atoms with Crippen molar-refractivity contribution >= 4 is 9.84 Å². The van der Waals surface area contributed by atoms with Crippen LogP contribution in [-0.2, 0) is 9.84 Å². The van der Waals surface area contributed by atoms with Crippen LogP contribution in [0.1, 0.15) is 44.9 Å². The van der Waals surface area contributed by atoms with Crippen molar-refractivity contribution in [2.45, 2.75) is 56.2 Å². The lowest BCUT2D eigenvalue weighted by atomic mass is 10.2. The quantitative estimate of drug-likeness (QED) is 0.831. The summed E-state index contributed by atoms with van der Waals surface area (Å²) in [6, 6.07) is 0.182. The molecule has 1 heterocycles. The molecule has 0 spiro atoms. The van der Waals surface area contributed by atoms with Crippen LogP contribution in [0.25, 0.3) is 0 Å². The first kappa shape index (κ1) is 15.3. The fraction of sp³-hybridized carbons (Fsp3) is 1.00. The number of rotatable bonds is 5. The van der Waals surface area contributed by atoms with E-state index in [4.69, 9.17) is 0 Å². The van der Waals surface area contributed by atoms with E-state index in [-0.39, 0.29) is 11.3 Å². The summed E-state index contributed by atoms with van der Waals surface area (Å²) in [6.45, 7) is 4.41. The predicted octanol–water partition coefficient (Wildman–Crippen LogP) is 1.42. The lowest BCUT2D eigenvalue weighted by Gasteiger charge is -2.23. The second kappa shape index (κ2) is 7.04. The summed E-state index contributed by atoms with van der Waals surface area (Å²) in [5.74, 6) is 0. The average molecular weight is 288 g/mol. The molecule has 2 unspecified atom stereocenters. The van der Waals surface area contributed by atoms with Crippen LogP contribution >= 0.6 is 0 Å². The van der Waals surface area contributed by atoms with Crippen molar-refractivity contribution < 1.29 is 8.42 Å². The molecule has 0 amide bonds. The van der Waals surface area contributed by atoms with Crippen LogP contribution in [0.3, 0.4) is 0 Å². The van der Waals surface area contributed by atoms with Gasteiger partial charge in [-0.3, -0.25) is 0 Å². The van der Waals surface area contributed by atoms with E-state index in [1.807, 2.05) is 0 Å². The number of hydrogen-bond donors (Lipinski definition) is 1. The predicted molar refractivity (Wildman–Crippen MR) is 79.2 cm³/mol. The van der Waals surface area contributed by atoms with Crippen molar-refractivity contribution in [3.05, 3.63) is 0 Å². The van der Waals surface area contributed by atoms with Crippen molar-refractivity contribution in [2.75, 3.05) is 32.4 Å². The van der Waals surface area contributed by atoms with Gasteiger partial charge in [-0.05, 0) is 38.8 Å². The van der Waals surface area contributed by atoms with E-state index in [0.29, 0.717) is 0 Å². The highest BCUT2D eigenvalue weighted by Crippen LogP contribution is 2.24. The maximum Gasteiger partial charge on any atom is 0.151 e. The molecule has 0 aromatic heterocycles. The summed E-state index contributed by atoms with van der Waals surface area (Å²) in [4.78, 5) is 2.52. The monoisotopic (exact) mass is 288 g/mol. The molecule has 2 fully saturated rings. The zero-order valence-corrected chi connectivity index (χ0v) is 12.9. The van der Waals surface area contributed by atoms with Crippen LogP contribution in [0, 0.1) is 0 Å². The van der Waals surface area contributed by atoms with Gasteiger partial charge in [-0.25, -0.2) is 8.42 Å². The van der Waals surface area contributed by atoms with Gasteiger partial charge in [0.1, 0.15) is 0 Å². The Morgan fingerprint density at radius 3 is 2.37 bits per heavy atom. The van der Waals surface area contributed by atoms with Crippen LogP contribution in [0.4, 0.5) is 0 Å². The molecule has 1 N–H and O–H groups in total. The zero-order chi connectivity index (χ0) is 13.7. The Labute approximate surface area is 117 Å². The van der Waals surface area contributed by atoms with Crippen LogP contribution in [0.5, 0.6) is 0 Å². The molecule has 2 aliphatic rings. The molecule has 1 aliphatic carbocycles. The Kier molecular flexibility index (Phi) is 5.66. The fourth-order valence-electron chi connectivity index (χ4n) is 3.44. The SMILES string of the molecule is CS(=O)(=O)C1CCCC1NCCN1CCCCCC1. The van der Waals surface area contributed by atoms with Crippen molar-refractivity contribution in [1.82, 2.24) is 10.2 Å². The minimum atomic E-state index is -2.89. The molecule has 0 bridgehead atoms. The molecule has 4 nitrogen and oxygen atoms in total. The van der Waals surface area contributed by atoms with Crippen LogP contribution in [-0.4, -0.2) is 57.0 Å². The molecule has 112 valence electrons. The molecule has 0 radical (unpaired) electrons. The first-order valence-corrected chi connectivity index (χ1v) is 9.67. The molecule has 2 rings (SSSR count). The van der Waals surface area contributed by atoms with Crippen molar-refractivity contribution in [2.24, 2.45) is 0 Å². The Hall–Kier alpha value is -0.130. The molecule has 1 saturated heterocycles. The molecule has 5 heteroatoms. The second-order valence-corrected chi connectivity index (χ2v) is 8.38. The second-order valence-electron chi connectivity index (χ2n) is 6.12. The molecular weight excluding hydrogens is 260 g/mol. The summed E-state index contributed by atoms with van der Waals surface area (Å²) in [5, 5.41) is 3.33. The van der Waals surface area contributed by atoms with Gasteiger partial charge in [0.05, 0.1) is 5.25 Å². The average Bonchev–Trinajstić information content (AvgIpc) is 2.66. The molecule has 0 aromatic rings. The molecule has 0 aromatic carbocycles. The van der Waals surface area contributed by atoms with Gasteiger partial charge in [0.2, 0.25) is 0 Å². The Morgan fingerprint density at radius 1 is 1.05 bits per heavy atom. The summed E-state index contributed by atoms with van der Waals surface area (Å²) in [6.07, 6.45) is 9.62. The van der Waals surface area contributed by atoms with Gasteiger partial charge in [0, 0.05) is 25.4 Å². The van der Waals surface area contributed by atoms with Gasteiger partial charge in [-0.15, -0.1) is 0 Å². The van der Waals surface area contributed by atoms with Gasteiger partial charge in [-0.2, -0.15) is 0 Å². The van der Waals surface area contributed by atoms with E-state index >= 15 is 0 Å². The first-order chi connectivity index (χ1) is 9.07. The van der Waals surface area contributed by atoms with E-state index in [9.17, 15) is 8.42 Å². The number of nitrogens with zero attached hydrogens (tertiary/aromatic N) is 1. The van der Waals surface area contributed by atoms with Gasteiger partial charge in [0.25, 0.3) is 0 Å². The highest BCUT2D eigenvalue weighted by atomic mass is 32.2. The maximum atomic E-state index is 11.7. The largest absolute Gasteiger partial charge is 0.311 e. The van der Waals surface area contributed by atoms with E-state index in [1.54, 1.807) is 0 Å². The topological polar surface area (TPSA) is 49.4 Å². The number of hydrogen-bond acceptors (Lipinski definition) is 4. The molecule has 1 aliphatic heterocycles. The first-order valence-electron chi connectivity index (χ1n) is 7.72. The smallest absolute Gasteiger partial charge is 0.151 e. The Bertz CT molecular complexity index is 362. The van der Waals surface area contributed by atoms with Gasteiger partial charge < -0.3 is 10.2 Å². The summed E-state index contributed by atoms with van der Waals surface area (Å²) >= 11 is 0. The van der Waals surface area contributed by atoms with Crippen LogP contribution < -0.4 is 5.32 Å². The molecule has 19 heavy (non-hydrogen) atoms. The third-order valence-electron chi connectivity index (χ3n) is 4.54. The summed E-state index contributed by atoms with van der Waals surface area (Å²) in [5.41, 5.74) is 0. The number of nitrogens with one attached hydrogen (secondary N) is 1. The van der Waals surface area contributed by atoms with Crippen molar-refractivity contribution in [3.63, 3.8) is 0 Å². The van der Waals surface area contributed by atoms with Crippen molar-refractivity contribution in [3.8, 4) is 0 Å². The maximum absolute atomic E-state index is 11.7. The highest BCUT2D eigenvalue weighted by molar-refractivity contribution is 7.91. The number of likely N-dealkylation sites (tertiary alicyclic amines) is 1. The van der Waals surface area contributed by atoms with Crippen LogP contribution in [0.2, 0.25) is 0 Å². The van der Waals surface area contributed by atoms with E-state index < -0.39 is 9.84 Å². The molecule has 1 saturated carbocycles. The molecule has 2 atom stereocenters. The summed E-state index contributed by atoms with van der Waals surface area (Å²) < 4.78 is 23.4. The number of sulfone groups is 1. The van der Waals surface area contributed by atoms with Gasteiger partial charge >= 0.3 is 0 Å². The minimum Gasteiger partial charge on any atom is -0.311 e. The van der Waals surface area contributed by atoms with E-state index in [0.717, 1.165) is 32.4 Å². The van der Waals surface area contributed by atoms with E-state index in [2.05, 4.69) is 10.2 Å². The highest BCUT2D eigenvalue weighted by Gasteiger charge is 2.34. The van der Waals surface area contributed by atoms with Gasteiger partial charge in [-0.1, -0.05) is 19.3 Å². The Morgan fingerprint density at radius 2 is 1.74 bits per heavy atom. The van der Waals surface area contributed by atoms with Crippen LogP contribution in [0.15, 0.2) is 0 Å². The Balaban J connectivity index is 1.72.